The molecular weight excluding hydrogens is 837 g/mol. The first-order chi connectivity index (χ1) is 31.0. The van der Waals surface area contributed by atoms with E-state index in [1.807, 2.05) is 54.7 Å². The smallest absolute Gasteiger partial charge is 0.306 e. The number of esters is 2. The summed E-state index contributed by atoms with van der Waals surface area (Å²) in [5, 5.41) is 30.9. The van der Waals surface area contributed by atoms with Gasteiger partial charge in [-0.15, -0.1) is 0 Å². The van der Waals surface area contributed by atoms with Crippen LogP contribution in [-0.4, -0.2) is 96.0 Å². The second-order valence-electron chi connectivity index (χ2n) is 15.1. The van der Waals surface area contributed by atoms with E-state index in [1.54, 1.807) is 0 Å². The van der Waals surface area contributed by atoms with Gasteiger partial charge in [0.05, 0.1) is 6.61 Å². The standard InChI is InChI=1S/C51H76O12S/c1-3-5-7-9-11-13-15-17-18-19-20-21-22-23-24-25-26-28-29-31-33-35-37-39-46(52)60-41-44(42-61-51-50(56)49(55)48(54)45(63-51)43-64(57,58)59)62-47(53)40-38-36-34-32-30-27-16-14-12-10-8-6-4-2/h5-8,10-14,16-18,20-21,23-24,26-28,30,32,34,44-45,48-51,54-56H,3-4,9,15,19,22,25,29,31,33,35-43H2,1-2H3,(H,57,58,59)/b7-5+,8-6+,12-10+,13-11+,16-14+,18-17+,21-20+,24-23+,28-26+,30-27+,34-32+/t44?,45-,48-,49?,50?,51+/m1/s1. The number of carbonyl (C=O) groups is 2. The zero-order valence-electron chi connectivity index (χ0n) is 38.1. The molecule has 0 aromatic rings. The summed E-state index contributed by atoms with van der Waals surface area (Å²) >= 11 is 0. The highest BCUT2D eigenvalue weighted by atomic mass is 32.2. The van der Waals surface area contributed by atoms with Crippen molar-refractivity contribution in [2.75, 3.05) is 19.0 Å². The second-order valence-corrected chi connectivity index (χ2v) is 16.6. The van der Waals surface area contributed by atoms with Crippen LogP contribution in [-0.2, 0) is 38.7 Å². The molecule has 3 unspecified atom stereocenters. The maximum Gasteiger partial charge on any atom is 0.306 e. The van der Waals surface area contributed by atoms with Crippen LogP contribution in [0, 0.1) is 0 Å². The highest BCUT2D eigenvalue weighted by Gasteiger charge is 2.46. The average Bonchev–Trinajstić information content (AvgIpc) is 3.26. The number of allylic oxidation sites excluding steroid dienone is 22. The van der Waals surface area contributed by atoms with E-state index >= 15 is 0 Å². The van der Waals surface area contributed by atoms with Gasteiger partial charge in [0.25, 0.3) is 10.1 Å². The van der Waals surface area contributed by atoms with Crippen LogP contribution >= 0.6 is 0 Å². The quantitative estimate of drug-likeness (QED) is 0.0155. The third-order valence-electron chi connectivity index (χ3n) is 9.35. The van der Waals surface area contributed by atoms with Crippen LogP contribution in [0.2, 0.25) is 0 Å². The van der Waals surface area contributed by atoms with Gasteiger partial charge in [-0.05, 0) is 77.0 Å². The molecule has 1 saturated heterocycles. The van der Waals surface area contributed by atoms with Crippen molar-refractivity contribution in [2.24, 2.45) is 0 Å². The fourth-order valence-corrected chi connectivity index (χ4v) is 6.57. The Morgan fingerprint density at radius 1 is 0.547 bits per heavy atom. The Labute approximate surface area is 383 Å². The first-order valence-electron chi connectivity index (χ1n) is 22.8. The molecular formula is C51H76O12S. The topological polar surface area (TPSA) is 186 Å². The van der Waals surface area contributed by atoms with Crippen molar-refractivity contribution in [3.8, 4) is 0 Å². The Morgan fingerprint density at radius 3 is 1.59 bits per heavy atom. The summed E-state index contributed by atoms with van der Waals surface area (Å²) in [4.78, 5) is 25.4. The van der Waals surface area contributed by atoms with E-state index < -0.39 is 71.2 Å². The van der Waals surface area contributed by atoms with Crippen LogP contribution < -0.4 is 0 Å². The Morgan fingerprint density at radius 2 is 1.03 bits per heavy atom. The number of rotatable bonds is 35. The van der Waals surface area contributed by atoms with Crippen LogP contribution in [0.4, 0.5) is 0 Å². The summed E-state index contributed by atoms with van der Waals surface area (Å²) in [5.74, 6) is -2.14. The number of unbranched alkanes of at least 4 members (excludes halogenated alkanes) is 5. The van der Waals surface area contributed by atoms with Crippen molar-refractivity contribution in [1.29, 1.82) is 0 Å². The molecule has 64 heavy (non-hydrogen) atoms. The average molecular weight is 913 g/mol. The molecule has 0 saturated carbocycles. The molecule has 0 amide bonds. The van der Waals surface area contributed by atoms with Crippen LogP contribution in [0.25, 0.3) is 0 Å². The first kappa shape index (κ1) is 57.8. The molecule has 1 aliphatic heterocycles. The summed E-state index contributed by atoms with van der Waals surface area (Å²) < 4.78 is 53.9. The van der Waals surface area contributed by atoms with Crippen molar-refractivity contribution >= 4 is 22.1 Å². The molecule has 12 nitrogen and oxygen atoms in total. The number of hydrogen-bond donors (Lipinski definition) is 4. The Kier molecular flexibility index (Phi) is 35.4. The van der Waals surface area contributed by atoms with E-state index in [0.717, 1.165) is 70.6 Å². The van der Waals surface area contributed by atoms with Crippen molar-refractivity contribution in [2.45, 2.75) is 153 Å². The predicted molar refractivity (Wildman–Crippen MR) is 256 cm³/mol. The number of carbonyl (C=O) groups excluding carboxylic acids is 2. The molecule has 0 spiro atoms. The fraction of sp³-hybridized carbons (Fsp3) is 0.529. The number of ether oxygens (including phenoxy) is 4. The SMILES string of the molecule is CC/C=C/C=C/C=C/C=C/C=C/CCCC(=O)OC(COC(=O)CCCCCC/C=C/C/C=C/C/C=C/C/C=C/C/C=C/C/C=C/CC)CO[C@H]1O[C@H](CS(=O)(=O)O)[C@@H](O)C(O)C1O. The largest absolute Gasteiger partial charge is 0.462 e. The minimum atomic E-state index is -4.62. The highest BCUT2D eigenvalue weighted by molar-refractivity contribution is 7.85. The van der Waals surface area contributed by atoms with E-state index in [0.29, 0.717) is 19.3 Å². The summed E-state index contributed by atoms with van der Waals surface area (Å²) in [6.07, 6.45) is 48.0. The molecule has 13 heteroatoms. The van der Waals surface area contributed by atoms with Crippen LogP contribution in [0.1, 0.15) is 117 Å². The Balaban J connectivity index is 2.48. The zero-order chi connectivity index (χ0) is 46.9. The second kappa shape index (κ2) is 39.2. The molecule has 1 rings (SSSR count). The lowest BCUT2D eigenvalue weighted by Crippen LogP contribution is -2.60. The van der Waals surface area contributed by atoms with Gasteiger partial charge in [0.1, 0.15) is 36.8 Å². The van der Waals surface area contributed by atoms with Gasteiger partial charge < -0.3 is 34.3 Å². The number of aliphatic hydroxyl groups is 3. The molecule has 1 fully saturated rings. The highest BCUT2D eigenvalue weighted by Crippen LogP contribution is 2.24. The van der Waals surface area contributed by atoms with Gasteiger partial charge in [0, 0.05) is 12.8 Å². The normalized spacial score (nSPS) is 20.9. The third kappa shape index (κ3) is 33.3. The van der Waals surface area contributed by atoms with Crippen LogP contribution in [0.5, 0.6) is 0 Å². The maximum absolute atomic E-state index is 12.8. The Hall–Kier alpha value is -4.21. The van der Waals surface area contributed by atoms with Crippen molar-refractivity contribution in [3.05, 3.63) is 134 Å². The van der Waals surface area contributed by atoms with E-state index in [4.69, 9.17) is 18.9 Å². The van der Waals surface area contributed by atoms with Gasteiger partial charge in [0.15, 0.2) is 12.4 Å². The molecule has 358 valence electrons. The first-order valence-corrected chi connectivity index (χ1v) is 24.4. The van der Waals surface area contributed by atoms with Gasteiger partial charge in [-0.2, -0.15) is 8.42 Å². The molecule has 6 atom stereocenters. The van der Waals surface area contributed by atoms with E-state index in [2.05, 4.69) is 92.8 Å². The number of hydrogen-bond acceptors (Lipinski definition) is 11. The monoisotopic (exact) mass is 913 g/mol. The van der Waals surface area contributed by atoms with Crippen molar-refractivity contribution < 1.29 is 56.8 Å². The third-order valence-corrected chi connectivity index (χ3v) is 10.1. The maximum atomic E-state index is 12.8. The lowest BCUT2D eigenvalue weighted by atomic mass is 10.00. The van der Waals surface area contributed by atoms with Crippen molar-refractivity contribution in [3.63, 3.8) is 0 Å². The van der Waals surface area contributed by atoms with Gasteiger partial charge in [-0.1, -0.05) is 160 Å². The molecule has 0 aromatic heterocycles. The number of aliphatic hydroxyl groups excluding tert-OH is 3. The molecule has 1 heterocycles. The van der Waals surface area contributed by atoms with E-state index in [9.17, 15) is 37.9 Å². The van der Waals surface area contributed by atoms with Crippen LogP contribution in [0.15, 0.2) is 134 Å². The summed E-state index contributed by atoms with van der Waals surface area (Å²) in [6.45, 7) is 3.39. The van der Waals surface area contributed by atoms with Gasteiger partial charge in [-0.25, -0.2) is 0 Å². The van der Waals surface area contributed by atoms with E-state index in [1.165, 1.54) is 0 Å². The minimum absolute atomic E-state index is 0.0525. The Bertz CT molecular complexity index is 1680. The minimum Gasteiger partial charge on any atom is -0.462 e. The zero-order valence-corrected chi connectivity index (χ0v) is 38.9. The predicted octanol–water partition coefficient (Wildman–Crippen LogP) is 9.55. The van der Waals surface area contributed by atoms with Crippen LogP contribution in [0.3, 0.4) is 0 Å². The summed E-state index contributed by atoms with van der Waals surface area (Å²) in [5.41, 5.74) is 0. The molecule has 0 aromatic carbocycles. The molecule has 0 aliphatic carbocycles. The van der Waals surface area contributed by atoms with E-state index in [-0.39, 0.29) is 19.4 Å². The lowest BCUT2D eigenvalue weighted by Gasteiger charge is -2.40. The molecule has 1 aliphatic rings. The summed E-state index contributed by atoms with van der Waals surface area (Å²) in [7, 11) is -4.62. The van der Waals surface area contributed by atoms with Gasteiger partial charge in [-0.3, -0.25) is 14.1 Å². The lowest BCUT2D eigenvalue weighted by molar-refractivity contribution is -0.297. The molecule has 0 bridgehead atoms. The summed E-state index contributed by atoms with van der Waals surface area (Å²) in [6, 6.07) is 0. The molecule has 4 N–H and O–H groups in total. The van der Waals surface area contributed by atoms with Gasteiger partial charge in [0.2, 0.25) is 0 Å². The fourth-order valence-electron chi connectivity index (χ4n) is 5.88. The van der Waals surface area contributed by atoms with Crippen molar-refractivity contribution in [1.82, 2.24) is 0 Å². The molecule has 0 radical (unpaired) electrons. The van der Waals surface area contributed by atoms with Gasteiger partial charge >= 0.3 is 11.9 Å².